The van der Waals surface area contributed by atoms with Crippen molar-refractivity contribution in [2.75, 3.05) is 27.4 Å². The Morgan fingerprint density at radius 3 is 2.52 bits per heavy atom. The van der Waals surface area contributed by atoms with Crippen molar-refractivity contribution in [3.8, 4) is 17.4 Å². The zero-order chi connectivity index (χ0) is 20.4. The molecule has 1 saturated carbocycles. The number of piperidine rings is 2. The second-order valence-electron chi connectivity index (χ2n) is 7.61. The largest absolute Gasteiger partial charge is 0.496 e. The van der Waals surface area contributed by atoms with E-state index in [1.807, 2.05) is 11.0 Å². The molecule has 0 radical (unpaired) electrons. The predicted octanol–water partition coefficient (Wildman–Crippen LogP) is 3.56. The molecule has 1 amide bonds. The fourth-order valence-electron chi connectivity index (χ4n) is 4.53. The first-order valence-corrected chi connectivity index (χ1v) is 9.87. The normalized spacial score (nSPS) is 23.0. The summed E-state index contributed by atoms with van der Waals surface area (Å²) in [4.78, 5) is 19.3. The highest BCUT2D eigenvalue weighted by atomic mass is 19.1. The van der Waals surface area contributed by atoms with Gasteiger partial charge >= 0.3 is 0 Å². The first-order chi connectivity index (χ1) is 14.1. The summed E-state index contributed by atoms with van der Waals surface area (Å²) >= 11 is 0. The molecule has 3 atom stereocenters. The number of carbonyl (C=O) groups is 1. The smallest absolute Gasteiger partial charge is 0.261 e. The van der Waals surface area contributed by atoms with Crippen LogP contribution in [0.15, 0.2) is 36.5 Å². The van der Waals surface area contributed by atoms with Crippen LogP contribution in [0, 0.1) is 17.7 Å². The quantitative estimate of drug-likeness (QED) is 0.742. The van der Waals surface area contributed by atoms with Gasteiger partial charge in [0.05, 0.1) is 27.0 Å². The van der Waals surface area contributed by atoms with E-state index in [9.17, 15) is 9.18 Å². The third-order valence-corrected chi connectivity index (χ3v) is 6.03. The van der Waals surface area contributed by atoms with Crippen LogP contribution in [0.5, 0.6) is 17.4 Å². The van der Waals surface area contributed by atoms with E-state index in [1.165, 1.54) is 6.07 Å². The number of ether oxygens (including phenoxy) is 3. The molecule has 3 fully saturated rings. The molecule has 1 aliphatic carbocycles. The van der Waals surface area contributed by atoms with Crippen molar-refractivity contribution in [2.24, 2.45) is 11.8 Å². The van der Waals surface area contributed by atoms with Crippen LogP contribution in [0.2, 0.25) is 0 Å². The van der Waals surface area contributed by atoms with Gasteiger partial charge in [-0.05, 0) is 49.3 Å². The van der Waals surface area contributed by atoms with Crippen molar-refractivity contribution in [2.45, 2.75) is 25.3 Å². The average Bonchev–Trinajstić information content (AvgIpc) is 2.78. The van der Waals surface area contributed by atoms with E-state index in [4.69, 9.17) is 14.2 Å². The lowest BCUT2D eigenvalue weighted by Gasteiger charge is -2.49. The number of fused-ring (bicyclic) bond motifs is 3. The third kappa shape index (κ3) is 3.86. The summed E-state index contributed by atoms with van der Waals surface area (Å²) in [5.41, 5.74) is 0.480. The highest BCUT2D eigenvalue weighted by molar-refractivity contribution is 6.00. The zero-order valence-electron chi connectivity index (χ0n) is 16.6. The summed E-state index contributed by atoms with van der Waals surface area (Å²) in [6, 6.07) is 8.43. The van der Waals surface area contributed by atoms with Gasteiger partial charge in [-0.15, -0.1) is 0 Å². The molecular formula is C22H25FN2O4. The van der Waals surface area contributed by atoms with Crippen LogP contribution in [0.25, 0.3) is 0 Å². The van der Waals surface area contributed by atoms with Crippen LogP contribution in [0.1, 0.15) is 29.6 Å². The molecule has 154 valence electrons. The minimum Gasteiger partial charge on any atom is -0.496 e. The van der Waals surface area contributed by atoms with E-state index >= 15 is 0 Å². The van der Waals surface area contributed by atoms with Crippen molar-refractivity contribution in [1.82, 2.24) is 9.88 Å². The second-order valence-corrected chi connectivity index (χ2v) is 7.61. The Hall–Kier alpha value is -2.83. The fourth-order valence-corrected chi connectivity index (χ4v) is 4.53. The second kappa shape index (κ2) is 8.27. The van der Waals surface area contributed by atoms with Gasteiger partial charge in [-0.1, -0.05) is 6.07 Å². The Morgan fingerprint density at radius 1 is 1.17 bits per heavy atom. The number of rotatable bonds is 6. The van der Waals surface area contributed by atoms with E-state index in [2.05, 4.69) is 4.98 Å². The highest BCUT2D eigenvalue weighted by Gasteiger charge is 2.43. The fraction of sp³-hybridized carbons (Fsp3) is 0.455. The van der Waals surface area contributed by atoms with E-state index in [0.717, 1.165) is 25.5 Å². The van der Waals surface area contributed by atoms with Gasteiger partial charge in [-0.2, -0.15) is 0 Å². The average molecular weight is 400 g/mol. The monoisotopic (exact) mass is 400 g/mol. The van der Waals surface area contributed by atoms with Gasteiger partial charge in [0.1, 0.15) is 22.9 Å². The first kappa shape index (κ1) is 19.5. The molecule has 3 heterocycles. The summed E-state index contributed by atoms with van der Waals surface area (Å²) in [7, 11) is 3.12. The molecule has 5 rings (SSSR count). The van der Waals surface area contributed by atoms with Crippen LogP contribution in [-0.4, -0.2) is 49.2 Å². The van der Waals surface area contributed by atoms with Crippen molar-refractivity contribution < 1.29 is 23.4 Å². The number of hydrogen-bond acceptors (Lipinski definition) is 5. The number of aromatic nitrogens is 1. The van der Waals surface area contributed by atoms with Crippen LogP contribution >= 0.6 is 0 Å². The minimum absolute atomic E-state index is 0.0476. The summed E-state index contributed by atoms with van der Waals surface area (Å²) in [6.45, 7) is 1.22. The molecule has 0 N–H and O–H groups in total. The van der Waals surface area contributed by atoms with E-state index in [0.29, 0.717) is 47.9 Å². The van der Waals surface area contributed by atoms with Gasteiger partial charge in [-0.25, -0.2) is 9.37 Å². The van der Waals surface area contributed by atoms with Crippen LogP contribution in [-0.2, 0) is 0 Å². The Balaban J connectivity index is 1.45. The number of benzene rings is 1. The molecule has 2 saturated heterocycles. The summed E-state index contributed by atoms with van der Waals surface area (Å²) in [5, 5.41) is 0. The Labute approximate surface area is 169 Å². The maximum atomic E-state index is 13.4. The van der Waals surface area contributed by atoms with Crippen LogP contribution < -0.4 is 14.2 Å². The Kier molecular flexibility index (Phi) is 5.56. The van der Waals surface area contributed by atoms with Crippen molar-refractivity contribution in [3.05, 3.63) is 47.9 Å². The lowest BCUT2D eigenvalue weighted by atomic mass is 9.72. The van der Waals surface area contributed by atoms with Crippen LogP contribution in [0.3, 0.4) is 0 Å². The maximum Gasteiger partial charge on any atom is 0.261 e. The molecule has 2 aromatic rings. The maximum absolute atomic E-state index is 13.4. The molecule has 0 spiro atoms. The van der Waals surface area contributed by atoms with E-state index < -0.39 is 0 Å². The number of nitrogens with zero attached hydrogens (tertiary/aromatic N) is 2. The van der Waals surface area contributed by atoms with Crippen molar-refractivity contribution in [1.29, 1.82) is 0 Å². The molecule has 1 aromatic heterocycles. The number of methoxy groups -OCH3 is 2. The predicted molar refractivity (Wildman–Crippen MR) is 105 cm³/mol. The topological polar surface area (TPSA) is 60.9 Å². The summed E-state index contributed by atoms with van der Waals surface area (Å²) in [6.07, 6.45) is 4.10. The molecule has 1 aromatic carbocycles. The molecule has 6 nitrogen and oxygen atoms in total. The molecule has 2 aliphatic heterocycles. The van der Waals surface area contributed by atoms with Gasteiger partial charge in [-0.3, -0.25) is 4.79 Å². The molecule has 3 aliphatic rings. The van der Waals surface area contributed by atoms with Crippen molar-refractivity contribution in [3.63, 3.8) is 0 Å². The van der Waals surface area contributed by atoms with Gasteiger partial charge in [0.2, 0.25) is 5.88 Å². The standard InChI is InChI=1S/C22H25FN2O4/c1-27-18-4-3-5-19(28-2)21(18)22(26)25-12-14-6-8-17(25)10-15(14)13-29-20-9-7-16(23)11-24-20/h3-5,7,9,11,14-15,17H,6,8,10,12-13H2,1-2H3. The lowest BCUT2D eigenvalue weighted by Crippen LogP contribution is -2.55. The number of amides is 1. The SMILES string of the molecule is COc1cccc(OC)c1C(=O)N1CC2CCC1CC2COc1ccc(F)cn1. The number of pyridine rings is 1. The van der Waals surface area contributed by atoms with E-state index in [-0.39, 0.29) is 17.8 Å². The Morgan fingerprint density at radius 2 is 1.93 bits per heavy atom. The molecule has 29 heavy (non-hydrogen) atoms. The van der Waals surface area contributed by atoms with Gasteiger partial charge < -0.3 is 19.1 Å². The summed E-state index contributed by atoms with van der Waals surface area (Å²) in [5.74, 6) is 1.77. The molecular weight excluding hydrogens is 375 g/mol. The molecule has 3 unspecified atom stereocenters. The molecule has 7 heteroatoms. The number of carbonyl (C=O) groups excluding carboxylic acids is 1. The third-order valence-electron chi connectivity index (χ3n) is 6.03. The van der Waals surface area contributed by atoms with Gasteiger partial charge in [0, 0.05) is 18.7 Å². The minimum atomic E-state index is -0.380. The first-order valence-electron chi connectivity index (χ1n) is 9.87. The molecule has 2 bridgehead atoms. The summed E-state index contributed by atoms with van der Waals surface area (Å²) < 4.78 is 29.6. The number of halogens is 1. The highest BCUT2D eigenvalue weighted by Crippen LogP contribution is 2.41. The van der Waals surface area contributed by atoms with Crippen molar-refractivity contribution >= 4 is 5.91 Å². The van der Waals surface area contributed by atoms with E-state index in [1.54, 1.807) is 32.4 Å². The van der Waals surface area contributed by atoms with Gasteiger partial charge in [0.25, 0.3) is 5.91 Å². The number of hydrogen-bond donors (Lipinski definition) is 0. The van der Waals surface area contributed by atoms with Crippen LogP contribution in [0.4, 0.5) is 4.39 Å². The Bertz CT molecular complexity index is 851. The lowest BCUT2D eigenvalue weighted by molar-refractivity contribution is -0.00504. The zero-order valence-corrected chi connectivity index (χ0v) is 16.6. The van der Waals surface area contributed by atoms with Gasteiger partial charge in [0.15, 0.2) is 0 Å².